The van der Waals surface area contributed by atoms with Crippen molar-refractivity contribution in [2.24, 2.45) is 0 Å². The topological polar surface area (TPSA) is 40.7 Å². The Bertz CT molecular complexity index is 465. The van der Waals surface area contributed by atoms with E-state index in [9.17, 15) is 0 Å². The molecule has 2 aromatic rings. The maximum Gasteiger partial charge on any atom is 0.103 e. The molecule has 0 amide bonds. The average molecular weight is 215 g/mol. The van der Waals surface area contributed by atoms with E-state index in [-0.39, 0.29) is 0 Å². The molecule has 0 bridgehead atoms. The van der Waals surface area contributed by atoms with Gasteiger partial charge in [-0.15, -0.1) is 0 Å². The zero-order valence-corrected chi connectivity index (χ0v) is 9.96. The summed E-state index contributed by atoms with van der Waals surface area (Å²) in [5.41, 5.74) is 4.83. The fourth-order valence-corrected chi connectivity index (χ4v) is 1.84. The molecule has 0 atom stereocenters. The Labute approximate surface area is 95.9 Å². The van der Waals surface area contributed by atoms with Gasteiger partial charge in [-0.05, 0) is 44.0 Å². The van der Waals surface area contributed by atoms with Crippen LogP contribution in [0.4, 0.5) is 5.69 Å². The van der Waals surface area contributed by atoms with E-state index in [1.807, 2.05) is 13.1 Å². The van der Waals surface area contributed by atoms with E-state index in [0.29, 0.717) is 0 Å². The molecule has 0 aliphatic rings. The summed E-state index contributed by atoms with van der Waals surface area (Å²) in [5, 5.41) is 3.38. The summed E-state index contributed by atoms with van der Waals surface area (Å²) in [6.45, 7) is 6.96. The maximum absolute atomic E-state index is 4.17. The number of nitrogens with one attached hydrogen (secondary N) is 2. The number of hydrogen-bond acceptors (Lipinski definition) is 2. The highest BCUT2D eigenvalue weighted by molar-refractivity contribution is 5.48. The molecule has 1 aromatic heterocycles. The van der Waals surface area contributed by atoms with Crippen LogP contribution in [0.3, 0.4) is 0 Å². The number of rotatable bonds is 3. The van der Waals surface area contributed by atoms with Crippen LogP contribution in [0.2, 0.25) is 0 Å². The van der Waals surface area contributed by atoms with Crippen molar-refractivity contribution in [1.82, 2.24) is 9.97 Å². The SMILES string of the molecule is Cc1cc(C)cc(NCc2cnc(C)[nH]2)c1. The van der Waals surface area contributed by atoms with Crippen molar-refractivity contribution >= 4 is 5.69 Å². The Hall–Kier alpha value is -1.77. The molecule has 84 valence electrons. The highest BCUT2D eigenvalue weighted by Gasteiger charge is 1.98. The Balaban J connectivity index is 2.04. The van der Waals surface area contributed by atoms with Gasteiger partial charge in [0.25, 0.3) is 0 Å². The smallest absolute Gasteiger partial charge is 0.103 e. The zero-order chi connectivity index (χ0) is 11.5. The van der Waals surface area contributed by atoms with Crippen molar-refractivity contribution in [3.8, 4) is 0 Å². The summed E-state index contributed by atoms with van der Waals surface area (Å²) in [5.74, 6) is 0.956. The second-order valence-corrected chi connectivity index (χ2v) is 4.22. The van der Waals surface area contributed by atoms with Gasteiger partial charge in [0, 0.05) is 5.69 Å². The number of benzene rings is 1. The van der Waals surface area contributed by atoms with Crippen molar-refractivity contribution in [1.29, 1.82) is 0 Å². The third-order valence-electron chi connectivity index (χ3n) is 2.46. The summed E-state index contributed by atoms with van der Waals surface area (Å²) in [7, 11) is 0. The first-order valence-corrected chi connectivity index (χ1v) is 5.46. The van der Waals surface area contributed by atoms with Gasteiger partial charge in [-0.1, -0.05) is 6.07 Å². The van der Waals surface area contributed by atoms with Crippen molar-refractivity contribution in [3.63, 3.8) is 0 Å². The number of nitrogens with zero attached hydrogens (tertiary/aromatic N) is 1. The number of H-pyrrole nitrogens is 1. The van der Waals surface area contributed by atoms with Crippen molar-refractivity contribution in [3.05, 3.63) is 47.0 Å². The predicted octanol–water partition coefficient (Wildman–Crippen LogP) is 2.95. The van der Waals surface area contributed by atoms with Crippen LogP contribution in [0, 0.1) is 20.8 Å². The van der Waals surface area contributed by atoms with E-state index < -0.39 is 0 Å². The minimum atomic E-state index is 0.781. The molecule has 3 nitrogen and oxygen atoms in total. The summed E-state index contributed by atoms with van der Waals surface area (Å²) in [6, 6.07) is 6.47. The van der Waals surface area contributed by atoms with E-state index in [4.69, 9.17) is 0 Å². The standard InChI is InChI=1S/C13H17N3/c1-9-4-10(2)6-12(5-9)15-8-13-7-14-11(3)16-13/h4-7,15H,8H2,1-3H3,(H,14,16). The van der Waals surface area contributed by atoms with Crippen LogP contribution >= 0.6 is 0 Å². The molecule has 0 radical (unpaired) electrons. The van der Waals surface area contributed by atoms with E-state index in [2.05, 4.69) is 47.3 Å². The molecule has 0 saturated heterocycles. The van der Waals surface area contributed by atoms with Gasteiger partial charge in [-0.3, -0.25) is 0 Å². The predicted molar refractivity (Wildman–Crippen MR) is 66.6 cm³/mol. The molecule has 2 rings (SSSR count). The monoisotopic (exact) mass is 215 g/mol. The van der Waals surface area contributed by atoms with Crippen LogP contribution in [0.1, 0.15) is 22.6 Å². The molecular weight excluding hydrogens is 198 g/mol. The highest BCUT2D eigenvalue weighted by atomic mass is 15.0. The molecule has 0 saturated carbocycles. The van der Waals surface area contributed by atoms with Gasteiger partial charge >= 0.3 is 0 Å². The minimum absolute atomic E-state index is 0.781. The molecule has 16 heavy (non-hydrogen) atoms. The van der Waals surface area contributed by atoms with Gasteiger partial charge in [0.05, 0.1) is 18.4 Å². The van der Waals surface area contributed by atoms with Gasteiger partial charge in [0.15, 0.2) is 0 Å². The molecule has 2 N–H and O–H groups in total. The summed E-state index contributed by atoms with van der Waals surface area (Å²) >= 11 is 0. The van der Waals surface area contributed by atoms with Crippen LogP contribution in [0.5, 0.6) is 0 Å². The quantitative estimate of drug-likeness (QED) is 0.826. The molecule has 0 aliphatic heterocycles. The lowest BCUT2D eigenvalue weighted by Crippen LogP contribution is -2.00. The number of hydrogen-bond donors (Lipinski definition) is 2. The molecule has 0 unspecified atom stereocenters. The largest absolute Gasteiger partial charge is 0.379 e. The van der Waals surface area contributed by atoms with Gasteiger partial charge < -0.3 is 10.3 Å². The lowest BCUT2D eigenvalue weighted by Gasteiger charge is -2.07. The van der Waals surface area contributed by atoms with Crippen LogP contribution in [0.25, 0.3) is 0 Å². The summed E-state index contributed by atoms with van der Waals surface area (Å²) in [6.07, 6.45) is 1.87. The maximum atomic E-state index is 4.17. The lowest BCUT2D eigenvalue weighted by molar-refractivity contribution is 1.05. The third-order valence-corrected chi connectivity index (χ3v) is 2.46. The number of imidazole rings is 1. The fraction of sp³-hybridized carbons (Fsp3) is 0.308. The van der Waals surface area contributed by atoms with E-state index >= 15 is 0 Å². The second-order valence-electron chi connectivity index (χ2n) is 4.22. The molecule has 0 spiro atoms. The van der Waals surface area contributed by atoms with E-state index in [1.165, 1.54) is 11.1 Å². The van der Waals surface area contributed by atoms with Crippen LogP contribution in [-0.4, -0.2) is 9.97 Å². The Morgan fingerprint density at radius 3 is 2.38 bits per heavy atom. The molecule has 1 heterocycles. The van der Waals surface area contributed by atoms with Gasteiger partial charge in [-0.2, -0.15) is 0 Å². The second kappa shape index (κ2) is 4.39. The van der Waals surface area contributed by atoms with E-state index in [0.717, 1.165) is 23.8 Å². The molecule has 0 aliphatic carbocycles. The number of aromatic nitrogens is 2. The Morgan fingerprint density at radius 2 is 1.81 bits per heavy atom. The summed E-state index contributed by atoms with van der Waals surface area (Å²) < 4.78 is 0. The van der Waals surface area contributed by atoms with Gasteiger partial charge in [0.2, 0.25) is 0 Å². The first-order chi connectivity index (χ1) is 7.63. The summed E-state index contributed by atoms with van der Waals surface area (Å²) in [4.78, 5) is 7.37. The first kappa shape index (κ1) is 10.7. The third kappa shape index (κ3) is 2.63. The molecule has 0 fully saturated rings. The molecule has 1 aromatic carbocycles. The van der Waals surface area contributed by atoms with E-state index in [1.54, 1.807) is 0 Å². The molecular formula is C13H17N3. The van der Waals surface area contributed by atoms with Crippen molar-refractivity contribution in [2.45, 2.75) is 27.3 Å². The van der Waals surface area contributed by atoms with Crippen molar-refractivity contribution < 1.29 is 0 Å². The number of anilines is 1. The Morgan fingerprint density at radius 1 is 1.12 bits per heavy atom. The van der Waals surface area contributed by atoms with Crippen LogP contribution < -0.4 is 5.32 Å². The van der Waals surface area contributed by atoms with Crippen molar-refractivity contribution in [2.75, 3.05) is 5.32 Å². The number of aryl methyl sites for hydroxylation is 3. The molecule has 3 heteroatoms. The lowest BCUT2D eigenvalue weighted by atomic mass is 10.1. The normalized spacial score (nSPS) is 10.4. The number of aromatic amines is 1. The zero-order valence-electron chi connectivity index (χ0n) is 9.96. The van der Waals surface area contributed by atoms with Gasteiger partial charge in [0.1, 0.15) is 5.82 Å². The highest BCUT2D eigenvalue weighted by Crippen LogP contribution is 2.14. The van der Waals surface area contributed by atoms with Crippen LogP contribution in [-0.2, 0) is 6.54 Å². The van der Waals surface area contributed by atoms with Gasteiger partial charge in [-0.25, -0.2) is 4.98 Å². The average Bonchev–Trinajstić information content (AvgIpc) is 2.60. The van der Waals surface area contributed by atoms with Crippen LogP contribution in [0.15, 0.2) is 24.4 Å². The fourth-order valence-electron chi connectivity index (χ4n) is 1.84. The first-order valence-electron chi connectivity index (χ1n) is 5.46. The minimum Gasteiger partial charge on any atom is -0.379 e. The Kier molecular flexibility index (Phi) is 2.95.